The highest BCUT2D eigenvalue weighted by molar-refractivity contribution is 9.10. The second kappa shape index (κ2) is 16.1. The van der Waals surface area contributed by atoms with Gasteiger partial charge in [-0.25, -0.2) is 0 Å². The number of amides is 1. The normalized spacial score (nSPS) is 15.3. The van der Waals surface area contributed by atoms with E-state index in [2.05, 4.69) is 108 Å². The molecule has 0 saturated carbocycles. The van der Waals surface area contributed by atoms with Gasteiger partial charge >= 0.3 is 0 Å². The number of ether oxygens (including phenoxy) is 1. The van der Waals surface area contributed by atoms with Crippen LogP contribution in [0.15, 0.2) is 71.2 Å². The molecule has 0 bridgehead atoms. The van der Waals surface area contributed by atoms with Crippen molar-refractivity contribution < 1.29 is 9.53 Å². The number of aryl methyl sites for hydroxylation is 2. The Bertz CT molecular complexity index is 1530. The van der Waals surface area contributed by atoms with Crippen molar-refractivity contribution in [3.05, 3.63) is 87.2 Å². The largest absolute Gasteiger partial charge is 0.489 e. The van der Waals surface area contributed by atoms with Crippen molar-refractivity contribution in [1.29, 1.82) is 0 Å². The molecule has 1 aliphatic heterocycles. The Morgan fingerprint density at radius 1 is 0.977 bits per heavy atom. The Hall–Kier alpha value is -2.67. The minimum atomic E-state index is 0.0615. The SMILES string of the molecule is CCCC(CCC(CC)CCc1ccc(OC2CCNCC2)c(Br)c1)NC(=O)c1cc2ccc(-c3cccc(C)c3)cc2s1. The van der Waals surface area contributed by atoms with Crippen LogP contribution in [-0.2, 0) is 6.42 Å². The monoisotopic (exact) mass is 674 g/mol. The maximum atomic E-state index is 13.4. The molecule has 1 amide bonds. The van der Waals surface area contributed by atoms with Crippen molar-refractivity contribution in [2.45, 2.75) is 90.7 Å². The Labute approximate surface area is 276 Å². The van der Waals surface area contributed by atoms with Gasteiger partial charge in [0.15, 0.2) is 0 Å². The van der Waals surface area contributed by atoms with E-state index in [1.54, 1.807) is 11.3 Å². The summed E-state index contributed by atoms with van der Waals surface area (Å²) in [6.45, 7) is 8.69. The zero-order valence-corrected chi connectivity index (χ0v) is 28.9. The van der Waals surface area contributed by atoms with Crippen molar-refractivity contribution in [3.63, 3.8) is 0 Å². The maximum absolute atomic E-state index is 13.4. The van der Waals surface area contributed by atoms with Crippen LogP contribution in [0.25, 0.3) is 21.2 Å². The molecule has 3 aromatic carbocycles. The minimum absolute atomic E-state index is 0.0615. The predicted molar refractivity (Wildman–Crippen MR) is 190 cm³/mol. The molecule has 2 unspecified atom stereocenters. The van der Waals surface area contributed by atoms with Gasteiger partial charge in [-0.05, 0) is 133 Å². The van der Waals surface area contributed by atoms with Gasteiger partial charge < -0.3 is 15.4 Å². The van der Waals surface area contributed by atoms with Gasteiger partial charge in [-0.3, -0.25) is 4.79 Å². The molecule has 0 aliphatic carbocycles. The molecule has 4 aromatic rings. The summed E-state index contributed by atoms with van der Waals surface area (Å²) in [5, 5.41) is 7.93. The highest BCUT2D eigenvalue weighted by atomic mass is 79.9. The molecule has 1 aliphatic rings. The molecule has 2 atom stereocenters. The van der Waals surface area contributed by atoms with Crippen molar-refractivity contribution in [1.82, 2.24) is 10.6 Å². The van der Waals surface area contributed by atoms with E-state index in [0.717, 1.165) is 96.1 Å². The summed E-state index contributed by atoms with van der Waals surface area (Å²) in [5.41, 5.74) is 5.01. The van der Waals surface area contributed by atoms with Gasteiger partial charge in [0, 0.05) is 10.7 Å². The van der Waals surface area contributed by atoms with Gasteiger partial charge in [-0.15, -0.1) is 11.3 Å². The van der Waals surface area contributed by atoms with Crippen LogP contribution in [0.4, 0.5) is 0 Å². The zero-order valence-electron chi connectivity index (χ0n) is 26.5. The van der Waals surface area contributed by atoms with Crippen LogP contribution in [0.2, 0.25) is 0 Å². The summed E-state index contributed by atoms with van der Waals surface area (Å²) in [4.78, 5) is 14.2. The summed E-state index contributed by atoms with van der Waals surface area (Å²) in [7, 11) is 0. The summed E-state index contributed by atoms with van der Waals surface area (Å²) < 4.78 is 8.48. The van der Waals surface area contributed by atoms with Crippen molar-refractivity contribution in [2.75, 3.05) is 13.1 Å². The number of carbonyl (C=O) groups excluding carboxylic acids is 1. The van der Waals surface area contributed by atoms with Gasteiger partial charge in [-0.1, -0.05) is 74.7 Å². The molecule has 1 saturated heterocycles. The number of hydrogen-bond donors (Lipinski definition) is 2. The summed E-state index contributed by atoms with van der Waals surface area (Å²) in [5.74, 6) is 1.66. The molecule has 234 valence electrons. The molecule has 1 aromatic heterocycles. The smallest absolute Gasteiger partial charge is 0.261 e. The standard InChI is InChI=1S/C38H47BrN2O2S/c1-4-7-32(41-38(42)37-25-31-15-14-30(24-36(31)44-37)29-9-6-8-26(3)22-29)16-12-27(5-2)10-11-28-13-17-35(34(39)23-28)43-33-18-20-40-21-19-33/h6,8-9,13-15,17,22-25,27,32-33,40H,4-5,7,10-12,16,18-21H2,1-3H3,(H,41,42). The van der Waals surface area contributed by atoms with E-state index >= 15 is 0 Å². The van der Waals surface area contributed by atoms with E-state index in [1.165, 1.54) is 22.3 Å². The average molecular weight is 676 g/mol. The minimum Gasteiger partial charge on any atom is -0.489 e. The lowest BCUT2D eigenvalue weighted by Crippen LogP contribution is -2.34. The number of hydrogen-bond acceptors (Lipinski definition) is 4. The van der Waals surface area contributed by atoms with Gasteiger partial charge in [0.25, 0.3) is 5.91 Å². The number of fused-ring (bicyclic) bond motifs is 1. The molecule has 0 spiro atoms. The fourth-order valence-electron chi connectivity index (χ4n) is 6.29. The molecule has 4 nitrogen and oxygen atoms in total. The number of piperidine rings is 1. The van der Waals surface area contributed by atoms with Crippen LogP contribution >= 0.6 is 27.3 Å². The molecule has 6 heteroatoms. The fraction of sp³-hybridized carbons (Fsp3) is 0.447. The number of benzene rings is 3. The lowest BCUT2D eigenvalue weighted by Gasteiger charge is -2.24. The van der Waals surface area contributed by atoms with E-state index in [1.807, 2.05) is 6.07 Å². The quantitative estimate of drug-likeness (QED) is 0.140. The maximum Gasteiger partial charge on any atom is 0.261 e. The number of carbonyl (C=O) groups is 1. The lowest BCUT2D eigenvalue weighted by atomic mass is 9.90. The first-order chi connectivity index (χ1) is 21.4. The lowest BCUT2D eigenvalue weighted by molar-refractivity contribution is 0.0935. The number of halogens is 1. The number of rotatable bonds is 14. The molecular formula is C38H47BrN2O2S. The van der Waals surface area contributed by atoms with Crippen LogP contribution < -0.4 is 15.4 Å². The second-order valence-corrected chi connectivity index (χ2v) is 14.4. The number of thiophene rings is 1. The molecule has 5 rings (SSSR count). The first kappa shape index (κ1) is 32.7. The van der Waals surface area contributed by atoms with Crippen LogP contribution in [0.5, 0.6) is 5.75 Å². The molecule has 44 heavy (non-hydrogen) atoms. The number of nitrogens with one attached hydrogen (secondary N) is 2. The Kier molecular flexibility index (Phi) is 11.9. The Balaban J connectivity index is 1.14. The highest BCUT2D eigenvalue weighted by Crippen LogP contribution is 2.32. The third kappa shape index (κ3) is 8.95. The van der Waals surface area contributed by atoms with Crippen molar-refractivity contribution >= 4 is 43.3 Å². The van der Waals surface area contributed by atoms with E-state index in [4.69, 9.17) is 4.74 Å². The van der Waals surface area contributed by atoms with E-state index in [0.29, 0.717) is 12.0 Å². The summed E-state index contributed by atoms with van der Waals surface area (Å²) in [6, 6.07) is 23.9. The Morgan fingerprint density at radius 2 is 1.80 bits per heavy atom. The average Bonchev–Trinajstić information content (AvgIpc) is 3.47. The molecule has 2 heterocycles. The third-order valence-electron chi connectivity index (χ3n) is 8.99. The first-order valence-corrected chi connectivity index (χ1v) is 18.1. The molecule has 0 radical (unpaired) electrons. The first-order valence-electron chi connectivity index (χ1n) is 16.5. The summed E-state index contributed by atoms with van der Waals surface area (Å²) in [6.07, 6.45) is 10.0. The van der Waals surface area contributed by atoms with Gasteiger partial charge in [0.05, 0.1) is 9.35 Å². The highest BCUT2D eigenvalue weighted by Gasteiger charge is 2.19. The van der Waals surface area contributed by atoms with Crippen LogP contribution in [0.3, 0.4) is 0 Å². The van der Waals surface area contributed by atoms with Gasteiger partial charge in [0.2, 0.25) is 0 Å². The third-order valence-corrected chi connectivity index (χ3v) is 10.7. The van der Waals surface area contributed by atoms with E-state index in [-0.39, 0.29) is 11.9 Å². The van der Waals surface area contributed by atoms with Crippen LogP contribution in [-0.4, -0.2) is 31.1 Å². The van der Waals surface area contributed by atoms with Crippen LogP contribution in [0, 0.1) is 12.8 Å². The van der Waals surface area contributed by atoms with Crippen molar-refractivity contribution in [3.8, 4) is 16.9 Å². The zero-order chi connectivity index (χ0) is 30.9. The Morgan fingerprint density at radius 3 is 2.55 bits per heavy atom. The molecule has 2 N–H and O–H groups in total. The van der Waals surface area contributed by atoms with E-state index < -0.39 is 0 Å². The van der Waals surface area contributed by atoms with E-state index in [9.17, 15) is 4.79 Å². The molecular weight excluding hydrogens is 628 g/mol. The van der Waals surface area contributed by atoms with Crippen molar-refractivity contribution in [2.24, 2.45) is 5.92 Å². The predicted octanol–water partition coefficient (Wildman–Crippen LogP) is 10.1. The van der Waals surface area contributed by atoms with Crippen LogP contribution in [0.1, 0.15) is 86.0 Å². The second-order valence-electron chi connectivity index (χ2n) is 12.4. The topological polar surface area (TPSA) is 50.4 Å². The van der Waals surface area contributed by atoms with Gasteiger partial charge in [0.1, 0.15) is 11.9 Å². The fourth-order valence-corrected chi connectivity index (χ4v) is 7.81. The van der Waals surface area contributed by atoms with Gasteiger partial charge in [-0.2, -0.15) is 0 Å². The summed E-state index contributed by atoms with van der Waals surface area (Å²) >= 11 is 5.35. The molecule has 1 fully saturated rings.